The molecule has 0 aromatic rings. The quantitative estimate of drug-likeness (QED) is 0.320. The second-order valence-corrected chi connectivity index (χ2v) is 4.11. The number of rotatable bonds is 7. The first-order chi connectivity index (χ1) is 6.26. The molecule has 1 rings (SSSR count). The van der Waals surface area contributed by atoms with E-state index in [0.29, 0.717) is 6.61 Å². The summed E-state index contributed by atoms with van der Waals surface area (Å²) in [6, 6.07) is 1.09. The molecule has 1 saturated heterocycles. The molecule has 0 bridgehead atoms. The van der Waals surface area contributed by atoms with Gasteiger partial charge in [-0.15, -0.1) is 0 Å². The van der Waals surface area contributed by atoms with Gasteiger partial charge in [-0.2, -0.15) is 0 Å². The van der Waals surface area contributed by atoms with Crippen molar-refractivity contribution in [3.8, 4) is 0 Å². The second kappa shape index (κ2) is 5.07. The zero-order valence-electron chi connectivity index (χ0n) is 8.54. The van der Waals surface area contributed by atoms with Crippen molar-refractivity contribution in [2.45, 2.75) is 24.5 Å². The maximum atomic E-state index is 5.55. The van der Waals surface area contributed by atoms with Gasteiger partial charge < -0.3 is 18.9 Å². The lowest BCUT2D eigenvalue weighted by Crippen LogP contribution is -2.38. The Balaban J connectivity index is 2.32. The molecular formula is C8H18O4Si. The molecule has 0 aromatic heterocycles. The van der Waals surface area contributed by atoms with E-state index in [2.05, 4.69) is 0 Å². The monoisotopic (exact) mass is 206 g/mol. The summed E-state index contributed by atoms with van der Waals surface area (Å²) in [6.07, 6.45) is 1.04. The lowest BCUT2D eigenvalue weighted by atomic mass is 10.4. The zero-order valence-corrected chi connectivity index (χ0v) is 10.5. The molecule has 1 fully saturated rings. The molecule has 0 aliphatic carbocycles. The first-order valence-electron chi connectivity index (χ1n) is 4.62. The van der Waals surface area contributed by atoms with Gasteiger partial charge in [0.05, 0.1) is 13.2 Å². The maximum Gasteiger partial charge on any atom is 0.282 e. The van der Waals surface area contributed by atoms with Gasteiger partial charge in [0.25, 0.3) is 5.97 Å². The summed E-state index contributed by atoms with van der Waals surface area (Å²) in [4.78, 5) is 0. The van der Waals surface area contributed by atoms with E-state index >= 15 is 0 Å². The fraction of sp³-hybridized carbons (Fsp3) is 1.00. The van der Waals surface area contributed by atoms with E-state index in [1.54, 1.807) is 14.2 Å². The minimum atomic E-state index is -0.840. The molecule has 1 atom stereocenters. The topological polar surface area (TPSA) is 40.2 Å². The van der Waals surface area contributed by atoms with E-state index in [4.69, 9.17) is 18.9 Å². The van der Waals surface area contributed by atoms with Crippen molar-refractivity contribution in [3.63, 3.8) is 0 Å². The molecule has 0 N–H and O–H groups in total. The highest BCUT2D eigenvalue weighted by atomic mass is 28.1. The van der Waals surface area contributed by atoms with Gasteiger partial charge in [-0.25, -0.2) is 0 Å². The van der Waals surface area contributed by atoms with Gasteiger partial charge in [-0.3, -0.25) is 0 Å². The Kier molecular flexibility index (Phi) is 4.34. The van der Waals surface area contributed by atoms with Crippen LogP contribution in [0.3, 0.4) is 0 Å². The molecule has 1 aliphatic heterocycles. The number of epoxide rings is 1. The molecule has 0 saturated carbocycles. The van der Waals surface area contributed by atoms with Crippen LogP contribution in [0.1, 0.15) is 6.42 Å². The van der Waals surface area contributed by atoms with E-state index < -0.39 is 5.97 Å². The summed E-state index contributed by atoms with van der Waals surface area (Å²) < 4.78 is 21.0. The number of ether oxygens (including phenoxy) is 4. The Morgan fingerprint density at radius 3 is 2.46 bits per heavy atom. The standard InChI is InChI=1S/C8H18O4Si/c1-9-8(10-2,3-4-13)12-6-7-5-11-7/h7H,3-6H2,1-2,13H3. The SMILES string of the molecule is COC(CC[SiH3])(OC)OCC1CO1. The molecule has 78 valence electrons. The van der Waals surface area contributed by atoms with Crippen molar-refractivity contribution in [1.29, 1.82) is 0 Å². The van der Waals surface area contributed by atoms with Crippen LogP contribution in [0.15, 0.2) is 0 Å². The Hall–Kier alpha value is 0.0569. The van der Waals surface area contributed by atoms with Crippen LogP contribution in [-0.4, -0.2) is 49.8 Å². The molecule has 4 nitrogen and oxygen atoms in total. The summed E-state index contributed by atoms with van der Waals surface area (Å²) >= 11 is 0. The molecule has 0 radical (unpaired) electrons. The number of methoxy groups -OCH3 is 2. The minimum Gasteiger partial charge on any atom is -0.371 e. The van der Waals surface area contributed by atoms with Gasteiger partial charge in [0, 0.05) is 30.9 Å². The van der Waals surface area contributed by atoms with Crippen LogP contribution in [-0.2, 0) is 18.9 Å². The van der Waals surface area contributed by atoms with Crippen LogP contribution in [0.5, 0.6) is 0 Å². The molecule has 13 heavy (non-hydrogen) atoms. The second-order valence-electron chi connectivity index (χ2n) is 3.11. The van der Waals surface area contributed by atoms with Gasteiger partial charge >= 0.3 is 0 Å². The van der Waals surface area contributed by atoms with Crippen molar-refractivity contribution < 1.29 is 18.9 Å². The first-order valence-corrected chi connectivity index (χ1v) is 6.03. The third-order valence-corrected chi connectivity index (χ3v) is 2.57. The minimum absolute atomic E-state index is 0.249. The first kappa shape index (κ1) is 11.1. The predicted molar refractivity (Wildman–Crippen MR) is 51.8 cm³/mol. The van der Waals surface area contributed by atoms with Crippen molar-refractivity contribution >= 4 is 10.2 Å². The Labute approximate surface area is 81.9 Å². The zero-order chi connectivity index (χ0) is 9.73. The van der Waals surface area contributed by atoms with Gasteiger partial charge in [0.15, 0.2) is 0 Å². The largest absolute Gasteiger partial charge is 0.371 e. The average Bonchev–Trinajstić information content (AvgIpc) is 2.96. The van der Waals surface area contributed by atoms with E-state index in [9.17, 15) is 0 Å². The lowest BCUT2D eigenvalue weighted by molar-refractivity contribution is -0.363. The van der Waals surface area contributed by atoms with Crippen molar-refractivity contribution in [2.24, 2.45) is 0 Å². The molecular weight excluding hydrogens is 188 g/mol. The van der Waals surface area contributed by atoms with Crippen molar-refractivity contribution in [2.75, 3.05) is 27.4 Å². The number of hydrogen-bond donors (Lipinski definition) is 0. The highest BCUT2D eigenvalue weighted by molar-refractivity contribution is 6.08. The third kappa shape index (κ3) is 3.36. The average molecular weight is 206 g/mol. The molecule has 0 spiro atoms. The van der Waals surface area contributed by atoms with Crippen LogP contribution in [0.4, 0.5) is 0 Å². The molecule has 1 heterocycles. The predicted octanol–water partition coefficient (Wildman–Crippen LogP) is -0.478. The van der Waals surface area contributed by atoms with Crippen molar-refractivity contribution in [3.05, 3.63) is 0 Å². The lowest BCUT2D eigenvalue weighted by Gasteiger charge is -2.29. The summed E-state index contributed by atoms with van der Waals surface area (Å²) in [5.74, 6) is -0.840. The van der Waals surface area contributed by atoms with E-state index in [0.717, 1.165) is 29.3 Å². The third-order valence-electron chi connectivity index (χ3n) is 2.07. The number of hydrogen-bond acceptors (Lipinski definition) is 4. The summed E-state index contributed by atoms with van der Waals surface area (Å²) in [5, 5.41) is 0. The van der Waals surface area contributed by atoms with Crippen LogP contribution < -0.4 is 0 Å². The van der Waals surface area contributed by atoms with Gasteiger partial charge in [0.1, 0.15) is 6.10 Å². The van der Waals surface area contributed by atoms with E-state index in [-0.39, 0.29) is 6.10 Å². The highest BCUT2D eigenvalue weighted by Crippen LogP contribution is 2.22. The molecule has 0 aromatic carbocycles. The summed E-state index contributed by atoms with van der Waals surface area (Å²) in [6.45, 7) is 1.35. The van der Waals surface area contributed by atoms with Gasteiger partial charge in [-0.05, 0) is 0 Å². The van der Waals surface area contributed by atoms with Gasteiger partial charge in [-0.1, -0.05) is 6.04 Å². The maximum absolute atomic E-state index is 5.55. The smallest absolute Gasteiger partial charge is 0.282 e. The fourth-order valence-electron chi connectivity index (χ4n) is 1.17. The normalized spacial score (nSPS) is 22.2. The molecule has 1 aliphatic rings. The molecule has 1 unspecified atom stereocenters. The fourth-order valence-corrected chi connectivity index (χ4v) is 1.78. The summed E-state index contributed by atoms with van der Waals surface area (Å²) in [7, 11) is 4.34. The van der Waals surface area contributed by atoms with E-state index in [1.165, 1.54) is 0 Å². The molecule has 0 amide bonds. The van der Waals surface area contributed by atoms with Crippen LogP contribution >= 0.6 is 0 Å². The Bertz CT molecular complexity index is 145. The van der Waals surface area contributed by atoms with Crippen LogP contribution in [0.2, 0.25) is 6.04 Å². The van der Waals surface area contributed by atoms with E-state index in [1.807, 2.05) is 0 Å². The summed E-state index contributed by atoms with van der Waals surface area (Å²) in [5.41, 5.74) is 0. The van der Waals surface area contributed by atoms with Crippen molar-refractivity contribution in [1.82, 2.24) is 0 Å². The Morgan fingerprint density at radius 1 is 1.46 bits per heavy atom. The van der Waals surface area contributed by atoms with Crippen LogP contribution in [0, 0.1) is 0 Å². The molecule has 5 heteroatoms. The highest BCUT2D eigenvalue weighted by Gasteiger charge is 2.33. The van der Waals surface area contributed by atoms with Gasteiger partial charge in [0.2, 0.25) is 0 Å². The Morgan fingerprint density at radius 2 is 2.08 bits per heavy atom. The van der Waals surface area contributed by atoms with Crippen LogP contribution in [0.25, 0.3) is 0 Å².